The average molecular weight is 549 g/mol. The summed E-state index contributed by atoms with van der Waals surface area (Å²) >= 11 is 7.66. The van der Waals surface area contributed by atoms with Gasteiger partial charge in [-0.05, 0) is 48.9 Å². The van der Waals surface area contributed by atoms with E-state index in [0.29, 0.717) is 28.5 Å². The number of halogens is 2. The topological polar surface area (TPSA) is 135 Å². The van der Waals surface area contributed by atoms with Crippen LogP contribution >= 0.6 is 22.9 Å². The van der Waals surface area contributed by atoms with Crippen LogP contribution in [0.1, 0.15) is 35.8 Å². The van der Waals surface area contributed by atoms with E-state index in [2.05, 4.69) is 9.97 Å². The second-order valence-corrected chi connectivity index (χ2v) is 11.7. The third-order valence-electron chi connectivity index (χ3n) is 5.86. The van der Waals surface area contributed by atoms with E-state index in [1.165, 1.54) is 17.5 Å². The van der Waals surface area contributed by atoms with Gasteiger partial charge < -0.3 is 15.9 Å². The minimum atomic E-state index is -1.36. The number of benzene rings is 1. The van der Waals surface area contributed by atoms with Crippen LogP contribution in [0.5, 0.6) is 0 Å². The second kappa shape index (κ2) is 10.9. The fourth-order valence-electron chi connectivity index (χ4n) is 3.57. The first-order valence-corrected chi connectivity index (χ1v) is 13.6. The van der Waals surface area contributed by atoms with Crippen molar-refractivity contribution in [1.82, 2.24) is 9.97 Å². The number of aliphatic hydroxyl groups excluding tert-OH is 1. The maximum Gasteiger partial charge on any atom is 0.170 e. The summed E-state index contributed by atoms with van der Waals surface area (Å²) in [6.45, 7) is 1.15. The molecule has 190 valence electrons. The summed E-state index contributed by atoms with van der Waals surface area (Å²) < 4.78 is 25.5. The molecule has 1 fully saturated rings. The number of hydrogen-bond acceptors (Lipinski definition) is 7. The number of fused-ring (bicyclic) bond motifs is 1. The molecule has 2 unspecified atom stereocenters. The first-order valence-electron chi connectivity index (χ1n) is 11.2. The Bertz CT molecular complexity index is 1430. The summed E-state index contributed by atoms with van der Waals surface area (Å²) in [6, 6.07) is 11.3. The van der Waals surface area contributed by atoms with Gasteiger partial charge in [0.1, 0.15) is 5.60 Å². The third kappa shape index (κ3) is 5.91. The van der Waals surface area contributed by atoms with Gasteiger partial charge in [-0.3, -0.25) is 10.1 Å². The zero-order chi connectivity index (χ0) is 26.0. The van der Waals surface area contributed by atoms with Gasteiger partial charge in [-0.25, -0.2) is 13.6 Å². The van der Waals surface area contributed by atoms with E-state index >= 15 is 0 Å². The molecule has 11 heteroatoms. The van der Waals surface area contributed by atoms with Crippen molar-refractivity contribution in [2.24, 2.45) is 5.14 Å². The van der Waals surface area contributed by atoms with Gasteiger partial charge in [0.05, 0.1) is 28.3 Å². The monoisotopic (exact) mass is 548 g/mol. The molecular weight excluding hydrogens is 523 g/mol. The molecule has 0 bridgehead atoms. The highest BCUT2D eigenvalue weighted by Crippen LogP contribution is 2.37. The highest BCUT2D eigenvalue weighted by Gasteiger charge is 2.25. The van der Waals surface area contributed by atoms with Gasteiger partial charge in [-0.2, -0.15) is 0 Å². The molecule has 7 nitrogen and oxygen atoms in total. The van der Waals surface area contributed by atoms with Gasteiger partial charge in [0, 0.05) is 44.8 Å². The normalized spacial score (nSPS) is 15.7. The molecule has 0 aliphatic heterocycles. The average Bonchev–Trinajstić information content (AvgIpc) is 3.64. The van der Waals surface area contributed by atoms with E-state index in [1.54, 1.807) is 25.3 Å². The summed E-state index contributed by atoms with van der Waals surface area (Å²) in [5.41, 5.74) is 6.69. The summed E-state index contributed by atoms with van der Waals surface area (Å²) in [4.78, 5) is 9.11. The molecule has 0 saturated heterocycles. The Morgan fingerprint density at radius 2 is 2.03 bits per heavy atom. The third-order valence-corrected chi connectivity index (χ3v) is 8.50. The number of rotatable bonds is 6. The molecule has 6 N–H and O–H groups in total. The largest absolute Gasteiger partial charge is 0.393 e. The molecule has 1 saturated carbocycles. The maximum atomic E-state index is 14.4. The molecule has 1 aliphatic rings. The van der Waals surface area contributed by atoms with Crippen LogP contribution in [-0.4, -0.2) is 36.2 Å². The van der Waals surface area contributed by atoms with Crippen LogP contribution in [-0.2, 0) is 23.0 Å². The van der Waals surface area contributed by atoms with Crippen LogP contribution in [0.25, 0.3) is 21.3 Å². The molecule has 3 aromatic heterocycles. The molecule has 1 aliphatic carbocycles. The molecule has 36 heavy (non-hydrogen) atoms. The smallest absolute Gasteiger partial charge is 0.170 e. The number of nitrogens with zero attached hydrogens (tertiary/aromatic N) is 2. The van der Waals surface area contributed by atoms with E-state index in [-0.39, 0.29) is 10.8 Å². The first-order chi connectivity index (χ1) is 17.1. The predicted octanol–water partition coefficient (Wildman–Crippen LogP) is 4.29. The molecule has 1 aromatic carbocycles. The number of aromatic nitrogens is 2. The molecule has 4 aromatic rings. The van der Waals surface area contributed by atoms with Crippen molar-refractivity contribution in [2.75, 3.05) is 12.3 Å². The molecule has 3 heterocycles. The Morgan fingerprint density at radius 3 is 2.67 bits per heavy atom. The van der Waals surface area contributed by atoms with Crippen LogP contribution in [0.4, 0.5) is 10.2 Å². The van der Waals surface area contributed by atoms with Crippen molar-refractivity contribution >= 4 is 49.8 Å². The Balaban J connectivity index is 0.000000445. The van der Waals surface area contributed by atoms with Crippen LogP contribution in [0.3, 0.4) is 0 Å². The van der Waals surface area contributed by atoms with Gasteiger partial charge in [0.2, 0.25) is 0 Å². The maximum absolute atomic E-state index is 14.4. The number of anilines is 1. The summed E-state index contributed by atoms with van der Waals surface area (Å²) in [5.74, 6) is -0.770. The van der Waals surface area contributed by atoms with Crippen LogP contribution in [0.2, 0.25) is 5.02 Å². The van der Waals surface area contributed by atoms with E-state index in [0.717, 1.165) is 33.4 Å². The lowest BCUT2D eigenvalue weighted by Gasteiger charge is -2.21. The summed E-state index contributed by atoms with van der Waals surface area (Å²) in [6.07, 6.45) is 5.41. The number of aliphatic hydroxyl groups is 2. The molecule has 0 amide bonds. The zero-order valence-electron chi connectivity index (χ0n) is 19.4. The van der Waals surface area contributed by atoms with Gasteiger partial charge >= 0.3 is 0 Å². The number of nitrogens with two attached hydrogens (primary N) is 2. The number of thiophene rings is 1. The van der Waals surface area contributed by atoms with Gasteiger partial charge in [-0.1, -0.05) is 29.8 Å². The zero-order valence-corrected chi connectivity index (χ0v) is 21.8. The standard InChI is InChI=1S/C22H19ClFN3O2S.C3H7NOS/c1-22(29,11-28)13-5-6-26-18(8-13)15-4-2-3-12-7-14(30-20(12)15)9-16-17(23)10-27-21(25)19(16)24;4-6(5)3-1-2-3/h2-8,10,28-29H,9,11H2,1H3,(H2,25,27);3H,1-2,4H2. The number of nitrogen functional groups attached to an aromatic ring is 1. The van der Waals surface area contributed by atoms with Crippen molar-refractivity contribution < 1.29 is 18.8 Å². The molecule has 5 rings (SSSR count). The van der Waals surface area contributed by atoms with Crippen molar-refractivity contribution in [3.05, 3.63) is 75.6 Å². The van der Waals surface area contributed by atoms with Crippen molar-refractivity contribution in [3.8, 4) is 11.3 Å². The summed E-state index contributed by atoms with van der Waals surface area (Å²) in [5, 5.41) is 26.4. The second-order valence-electron chi connectivity index (χ2n) is 8.79. The Labute approximate surface area is 219 Å². The van der Waals surface area contributed by atoms with E-state index in [4.69, 9.17) is 22.5 Å². The van der Waals surface area contributed by atoms with Gasteiger partial charge in [0.15, 0.2) is 11.6 Å². The Kier molecular flexibility index (Phi) is 8.03. The predicted molar refractivity (Wildman–Crippen MR) is 143 cm³/mol. The van der Waals surface area contributed by atoms with E-state index in [1.807, 2.05) is 24.3 Å². The Hall–Kier alpha value is -2.47. The molecule has 0 radical (unpaired) electrons. The van der Waals surface area contributed by atoms with Crippen LogP contribution in [0.15, 0.2) is 48.8 Å². The molecular formula is C25H26ClFN4O3S2. The Morgan fingerprint density at radius 1 is 1.28 bits per heavy atom. The fourth-order valence-corrected chi connectivity index (χ4v) is 5.56. The highest BCUT2D eigenvalue weighted by atomic mass is 35.5. The quantitative estimate of drug-likeness (QED) is 0.284. The number of pyridine rings is 2. The minimum Gasteiger partial charge on any atom is -0.393 e. The van der Waals surface area contributed by atoms with Gasteiger partial charge in [0.25, 0.3) is 0 Å². The lowest BCUT2D eigenvalue weighted by molar-refractivity contribution is -0.00230. The number of hydrogen-bond donors (Lipinski definition) is 4. The summed E-state index contributed by atoms with van der Waals surface area (Å²) in [7, 11) is -1.01. The van der Waals surface area contributed by atoms with Crippen LogP contribution in [0, 0.1) is 5.82 Å². The SMILES string of the molecule is CC(O)(CO)c1ccnc(-c2cccc3cc(Cc4c(Cl)cnc(N)c4F)sc23)c1.NS(=O)C1CC1. The van der Waals surface area contributed by atoms with Crippen molar-refractivity contribution in [3.63, 3.8) is 0 Å². The lowest BCUT2D eigenvalue weighted by Crippen LogP contribution is -2.25. The lowest BCUT2D eigenvalue weighted by atomic mass is 9.96. The first kappa shape index (κ1) is 26.6. The molecule has 2 atom stereocenters. The van der Waals surface area contributed by atoms with Crippen molar-refractivity contribution in [1.29, 1.82) is 0 Å². The van der Waals surface area contributed by atoms with Crippen molar-refractivity contribution in [2.45, 2.75) is 37.0 Å². The minimum absolute atomic E-state index is 0.173. The van der Waals surface area contributed by atoms with Crippen LogP contribution < -0.4 is 10.9 Å². The van der Waals surface area contributed by atoms with E-state index < -0.39 is 29.0 Å². The van der Waals surface area contributed by atoms with Gasteiger partial charge in [-0.15, -0.1) is 11.3 Å². The molecule has 0 spiro atoms. The van der Waals surface area contributed by atoms with E-state index in [9.17, 15) is 18.8 Å². The highest BCUT2D eigenvalue weighted by molar-refractivity contribution is 7.83. The fraction of sp³-hybridized carbons (Fsp3) is 0.280.